The molecular formula is C18H31N5O6S. The first-order valence-electron chi connectivity index (χ1n) is 9.78. The van der Waals surface area contributed by atoms with Crippen LogP contribution in [0.5, 0.6) is 0 Å². The predicted molar refractivity (Wildman–Crippen MR) is 111 cm³/mol. The van der Waals surface area contributed by atoms with Gasteiger partial charge in [-0.05, 0) is 25.2 Å². The van der Waals surface area contributed by atoms with Crippen molar-refractivity contribution < 1.29 is 29.1 Å². The van der Waals surface area contributed by atoms with Gasteiger partial charge in [-0.15, -0.1) is 0 Å². The molecule has 1 aliphatic rings. The number of carbonyl (C=O) groups is 5. The number of hydrogen-bond donors (Lipinski definition) is 6. The molecule has 4 atom stereocenters. The second-order valence-corrected chi connectivity index (χ2v) is 7.98. The largest absolute Gasteiger partial charge is 0.480 e. The zero-order valence-electron chi connectivity index (χ0n) is 17.2. The van der Waals surface area contributed by atoms with Crippen LogP contribution in [-0.2, 0) is 24.0 Å². The van der Waals surface area contributed by atoms with Gasteiger partial charge in [0.25, 0.3) is 0 Å². The number of rotatable bonds is 11. The fourth-order valence-corrected chi connectivity index (χ4v) is 3.41. The van der Waals surface area contributed by atoms with E-state index in [1.54, 1.807) is 13.8 Å². The molecule has 1 heterocycles. The van der Waals surface area contributed by atoms with Gasteiger partial charge < -0.3 is 32.1 Å². The first-order chi connectivity index (χ1) is 14.0. The standard InChI is InChI=1S/C18H31N5O6S/c1-9(2)14(22-15(25)10(19)5-6-13(20)24)16(26)21-11(8-30)17(27)23-7-3-4-12(23)18(28)29/h9-12,14,30H,3-8,19H2,1-2H3,(H2,20,24)(H,21,26)(H,22,25)(H,28,29). The lowest BCUT2D eigenvalue weighted by molar-refractivity contribution is -0.149. The first kappa shape index (κ1) is 25.7. The van der Waals surface area contributed by atoms with Crippen LogP contribution in [0, 0.1) is 5.92 Å². The Morgan fingerprint density at radius 1 is 1.17 bits per heavy atom. The lowest BCUT2D eigenvalue weighted by atomic mass is 10.0. The van der Waals surface area contributed by atoms with Crippen LogP contribution in [0.15, 0.2) is 0 Å². The van der Waals surface area contributed by atoms with E-state index in [-0.39, 0.29) is 31.1 Å². The topological polar surface area (TPSA) is 185 Å². The molecule has 0 aromatic heterocycles. The summed E-state index contributed by atoms with van der Waals surface area (Å²) in [5.74, 6) is -3.81. The van der Waals surface area contributed by atoms with Gasteiger partial charge in [-0.3, -0.25) is 19.2 Å². The Morgan fingerprint density at radius 3 is 2.30 bits per heavy atom. The van der Waals surface area contributed by atoms with Gasteiger partial charge in [0.05, 0.1) is 6.04 Å². The SMILES string of the molecule is CC(C)C(NC(=O)C(N)CCC(N)=O)C(=O)NC(CS)C(=O)N1CCCC1C(=O)O. The Hall–Kier alpha value is -2.34. The number of likely N-dealkylation sites (tertiary alicyclic amines) is 1. The molecule has 4 amide bonds. The third-order valence-electron chi connectivity index (χ3n) is 4.90. The Bertz CT molecular complexity index is 673. The van der Waals surface area contributed by atoms with Crippen LogP contribution in [0.1, 0.15) is 39.5 Å². The molecular weight excluding hydrogens is 414 g/mol. The van der Waals surface area contributed by atoms with Crippen LogP contribution in [0.3, 0.4) is 0 Å². The summed E-state index contributed by atoms with van der Waals surface area (Å²) in [7, 11) is 0. The van der Waals surface area contributed by atoms with Crippen molar-refractivity contribution in [1.29, 1.82) is 0 Å². The van der Waals surface area contributed by atoms with Gasteiger partial charge in [-0.1, -0.05) is 13.8 Å². The minimum Gasteiger partial charge on any atom is -0.480 e. The molecule has 0 spiro atoms. The van der Waals surface area contributed by atoms with Crippen molar-refractivity contribution >= 4 is 42.2 Å². The van der Waals surface area contributed by atoms with E-state index >= 15 is 0 Å². The molecule has 7 N–H and O–H groups in total. The number of thiol groups is 1. The highest BCUT2D eigenvalue weighted by atomic mass is 32.1. The lowest BCUT2D eigenvalue weighted by Gasteiger charge is -2.29. The Kier molecular flexibility index (Phi) is 10.1. The second-order valence-electron chi connectivity index (χ2n) is 7.61. The minimum absolute atomic E-state index is 0.0374. The van der Waals surface area contributed by atoms with Crippen molar-refractivity contribution in [1.82, 2.24) is 15.5 Å². The molecule has 11 nitrogen and oxygen atoms in total. The number of nitrogens with one attached hydrogen (secondary N) is 2. The van der Waals surface area contributed by atoms with E-state index in [2.05, 4.69) is 23.3 Å². The van der Waals surface area contributed by atoms with Crippen molar-refractivity contribution in [2.24, 2.45) is 17.4 Å². The minimum atomic E-state index is -1.10. The summed E-state index contributed by atoms with van der Waals surface area (Å²) < 4.78 is 0. The van der Waals surface area contributed by atoms with Crippen LogP contribution < -0.4 is 22.1 Å². The Labute approximate surface area is 180 Å². The zero-order valence-corrected chi connectivity index (χ0v) is 18.1. The summed E-state index contributed by atoms with van der Waals surface area (Å²) in [5.41, 5.74) is 10.8. The third kappa shape index (κ3) is 7.17. The Balaban J connectivity index is 2.80. The van der Waals surface area contributed by atoms with Gasteiger partial charge in [0, 0.05) is 18.7 Å². The van der Waals surface area contributed by atoms with E-state index in [0.29, 0.717) is 12.8 Å². The molecule has 0 radical (unpaired) electrons. The van der Waals surface area contributed by atoms with E-state index in [1.807, 2.05) is 0 Å². The van der Waals surface area contributed by atoms with Crippen molar-refractivity contribution in [3.05, 3.63) is 0 Å². The number of carboxylic acid groups (broad SMARTS) is 1. The zero-order chi connectivity index (χ0) is 23.0. The molecule has 4 unspecified atom stereocenters. The molecule has 1 aliphatic heterocycles. The Morgan fingerprint density at radius 2 is 1.80 bits per heavy atom. The molecule has 12 heteroatoms. The van der Waals surface area contributed by atoms with Gasteiger partial charge in [0.15, 0.2) is 0 Å². The van der Waals surface area contributed by atoms with E-state index in [0.717, 1.165) is 0 Å². The molecule has 1 fully saturated rings. The summed E-state index contributed by atoms with van der Waals surface area (Å²) in [5, 5.41) is 14.4. The summed E-state index contributed by atoms with van der Waals surface area (Å²) >= 11 is 4.11. The summed E-state index contributed by atoms with van der Waals surface area (Å²) in [6.07, 6.45) is 0.882. The van der Waals surface area contributed by atoms with Gasteiger partial charge >= 0.3 is 5.97 Å². The molecule has 0 aromatic carbocycles. The maximum atomic E-state index is 12.8. The van der Waals surface area contributed by atoms with Crippen LogP contribution in [0.25, 0.3) is 0 Å². The molecule has 1 rings (SSSR count). The number of nitrogens with zero attached hydrogens (tertiary/aromatic N) is 1. The molecule has 0 bridgehead atoms. The van der Waals surface area contributed by atoms with Crippen LogP contribution in [0.2, 0.25) is 0 Å². The molecule has 0 aromatic rings. The molecule has 1 saturated heterocycles. The van der Waals surface area contributed by atoms with Crippen molar-refractivity contribution in [3.8, 4) is 0 Å². The average molecular weight is 446 g/mol. The smallest absolute Gasteiger partial charge is 0.326 e. The second kappa shape index (κ2) is 11.7. The van der Waals surface area contributed by atoms with Crippen molar-refractivity contribution in [2.45, 2.75) is 63.7 Å². The fourth-order valence-electron chi connectivity index (χ4n) is 3.16. The molecule has 0 aliphatic carbocycles. The van der Waals surface area contributed by atoms with Crippen LogP contribution in [0.4, 0.5) is 0 Å². The van der Waals surface area contributed by atoms with Gasteiger partial charge in [-0.2, -0.15) is 12.6 Å². The summed E-state index contributed by atoms with van der Waals surface area (Å²) in [6, 6.07) is -3.97. The maximum Gasteiger partial charge on any atom is 0.326 e. The van der Waals surface area contributed by atoms with Crippen molar-refractivity contribution in [3.63, 3.8) is 0 Å². The van der Waals surface area contributed by atoms with E-state index in [1.165, 1.54) is 4.90 Å². The van der Waals surface area contributed by atoms with E-state index in [9.17, 15) is 29.1 Å². The highest BCUT2D eigenvalue weighted by Crippen LogP contribution is 2.19. The number of amides is 4. The van der Waals surface area contributed by atoms with Gasteiger partial charge in [0.1, 0.15) is 18.1 Å². The fraction of sp³-hybridized carbons (Fsp3) is 0.722. The molecule has 30 heavy (non-hydrogen) atoms. The summed E-state index contributed by atoms with van der Waals surface area (Å²) in [6.45, 7) is 3.70. The van der Waals surface area contributed by atoms with Crippen LogP contribution in [-0.4, -0.2) is 76.1 Å². The highest BCUT2D eigenvalue weighted by Gasteiger charge is 2.38. The van der Waals surface area contributed by atoms with Crippen molar-refractivity contribution in [2.75, 3.05) is 12.3 Å². The van der Waals surface area contributed by atoms with Crippen LogP contribution >= 0.6 is 12.6 Å². The lowest BCUT2D eigenvalue weighted by Crippen LogP contribution is -2.59. The number of carbonyl (C=O) groups excluding carboxylic acids is 4. The van der Waals surface area contributed by atoms with E-state index in [4.69, 9.17) is 11.5 Å². The number of nitrogens with two attached hydrogens (primary N) is 2. The quantitative estimate of drug-likeness (QED) is 0.203. The number of hydrogen-bond acceptors (Lipinski definition) is 7. The molecule has 0 saturated carbocycles. The number of carboxylic acids is 1. The summed E-state index contributed by atoms with van der Waals surface area (Å²) in [4.78, 5) is 61.2. The number of aliphatic carboxylic acids is 1. The van der Waals surface area contributed by atoms with Gasteiger partial charge in [-0.25, -0.2) is 4.79 Å². The first-order valence-corrected chi connectivity index (χ1v) is 10.4. The average Bonchev–Trinajstić information content (AvgIpc) is 3.17. The third-order valence-corrected chi connectivity index (χ3v) is 5.27. The normalized spacial score (nSPS) is 19.1. The maximum absolute atomic E-state index is 12.8. The number of primary amides is 1. The monoisotopic (exact) mass is 445 g/mol. The van der Waals surface area contributed by atoms with E-state index < -0.39 is 53.8 Å². The van der Waals surface area contributed by atoms with Gasteiger partial charge in [0.2, 0.25) is 23.6 Å². The highest BCUT2D eigenvalue weighted by molar-refractivity contribution is 7.80. The predicted octanol–water partition coefficient (Wildman–Crippen LogP) is -1.79. The molecule has 170 valence electrons.